The number of hydrogen-bond donors (Lipinski definition) is 0. The molecule has 0 radical (unpaired) electrons. The fourth-order valence-corrected chi connectivity index (χ4v) is 3.31. The molecular weight excluding hydrogens is 236 g/mol. The second kappa shape index (κ2) is 5.89. The summed E-state index contributed by atoms with van der Waals surface area (Å²) >= 11 is 0. The van der Waals surface area contributed by atoms with Crippen LogP contribution in [0.3, 0.4) is 0 Å². The lowest BCUT2D eigenvalue weighted by Gasteiger charge is -2.24. The van der Waals surface area contributed by atoms with Crippen molar-refractivity contribution in [2.45, 2.75) is 70.3 Å². The molecule has 3 nitrogen and oxygen atoms in total. The van der Waals surface area contributed by atoms with Crippen molar-refractivity contribution in [3.63, 3.8) is 0 Å². The van der Waals surface area contributed by atoms with E-state index in [1.165, 1.54) is 51.4 Å². The summed E-state index contributed by atoms with van der Waals surface area (Å²) in [5.74, 6) is 1.05. The number of nitrogens with zero attached hydrogens (tertiary/aromatic N) is 2. The van der Waals surface area contributed by atoms with Crippen molar-refractivity contribution in [2.24, 2.45) is 5.92 Å². The van der Waals surface area contributed by atoms with Gasteiger partial charge in [-0.15, -0.1) is 0 Å². The molecule has 1 aromatic rings. The maximum absolute atomic E-state index is 12.0. The van der Waals surface area contributed by atoms with Crippen molar-refractivity contribution < 1.29 is 4.79 Å². The smallest absolute Gasteiger partial charge is 0.139 e. The van der Waals surface area contributed by atoms with Gasteiger partial charge in [0.25, 0.3) is 0 Å². The van der Waals surface area contributed by atoms with Gasteiger partial charge in [0.15, 0.2) is 0 Å². The van der Waals surface area contributed by atoms with Gasteiger partial charge < -0.3 is 0 Å². The number of ketones is 1. The molecule has 0 aromatic carbocycles. The Morgan fingerprint density at radius 2 is 1.95 bits per heavy atom. The Balaban J connectivity index is 1.53. The van der Waals surface area contributed by atoms with E-state index >= 15 is 0 Å². The Bertz CT molecular complexity index is 428. The maximum Gasteiger partial charge on any atom is 0.139 e. The van der Waals surface area contributed by atoms with Crippen molar-refractivity contribution in [1.29, 1.82) is 0 Å². The normalized spacial score (nSPS) is 21.3. The zero-order valence-electron chi connectivity index (χ0n) is 11.7. The number of hydrogen-bond acceptors (Lipinski definition) is 2. The molecule has 1 heterocycles. The lowest BCUT2D eigenvalue weighted by atomic mass is 9.81. The van der Waals surface area contributed by atoms with E-state index in [2.05, 4.69) is 16.0 Å². The van der Waals surface area contributed by atoms with Crippen LogP contribution in [0.25, 0.3) is 0 Å². The van der Waals surface area contributed by atoms with Crippen LogP contribution < -0.4 is 0 Å². The van der Waals surface area contributed by atoms with Crippen LogP contribution in [0, 0.1) is 5.92 Å². The molecule has 0 N–H and O–H groups in total. The molecule has 0 amide bonds. The molecule has 3 heteroatoms. The maximum atomic E-state index is 12.0. The summed E-state index contributed by atoms with van der Waals surface area (Å²) in [5, 5.41) is 4.62. The molecular formula is C16H24N2O. The summed E-state index contributed by atoms with van der Waals surface area (Å²) in [5.41, 5.74) is 0.967. The van der Waals surface area contributed by atoms with Crippen LogP contribution in [0.5, 0.6) is 0 Å². The molecule has 0 spiro atoms. The zero-order valence-corrected chi connectivity index (χ0v) is 11.7. The van der Waals surface area contributed by atoms with Gasteiger partial charge in [-0.05, 0) is 24.8 Å². The van der Waals surface area contributed by atoms with Gasteiger partial charge in [-0.3, -0.25) is 9.48 Å². The van der Waals surface area contributed by atoms with Crippen LogP contribution in [-0.4, -0.2) is 15.6 Å². The fourth-order valence-electron chi connectivity index (χ4n) is 3.31. The molecule has 0 aliphatic heterocycles. The Hall–Kier alpha value is -1.12. The first kappa shape index (κ1) is 12.9. The highest BCUT2D eigenvalue weighted by molar-refractivity contribution is 5.80. The number of aromatic nitrogens is 2. The van der Waals surface area contributed by atoms with E-state index < -0.39 is 0 Å². The molecule has 2 aliphatic carbocycles. The summed E-state index contributed by atoms with van der Waals surface area (Å²) in [6.07, 6.45) is 13.7. The number of Topliss-reactive ketones (excluding diaryl/α,β-unsaturated/α-hetero) is 1. The molecule has 2 saturated carbocycles. The van der Waals surface area contributed by atoms with Gasteiger partial charge in [0.2, 0.25) is 0 Å². The summed E-state index contributed by atoms with van der Waals surface area (Å²) in [7, 11) is 0. The van der Waals surface area contributed by atoms with E-state index in [0.29, 0.717) is 24.2 Å². The molecule has 0 unspecified atom stereocenters. The number of carbonyl (C=O) groups is 1. The molecule has 3 rings (SSSR count). The lowest BCUT2D eigenvalue weighted by molar-refractivity contribution is -0.119. The average Bonchev–Trinajstić information content (AvgIpc) is 2.83. The first-order valence-electron chi connectivity index (χ1n) is 7.87. The van der Waals surface area contributed by atoms with E-state index in [1.54, 1.807) is 0 Å². The Kier molecular flexibility index (Phi) is 4.00. The third-order valence-corrected chi connectivity index (χ3v) is 4.73. The van der Waals surface area contributed by atoms with E-state index in [1.807, 2.05) is 6.07 Å². The van der Waals surface area contributed by atoms with Gasteiger partial charge in [-0.25, -0.2) is 0 Å². The Morgan fingerprint density at radius 1 is 1.16 bits per heavy atom. The van der Waals surface area contributed by atoms with E-state index in [0.717, 1.165) is 12.1 Å². The fraction of sp³-hybridized carbons (Fsp3) is 0.750. The van der Waals surface area contributed by atoms with Crippen molar-refractivity contribution in [3.05, 3.63) is 18.0 Å². The van der Waals surface area contributed by atoms with Crippen LogP contribution in [0.4, 0.5) is 0 Å². The molecule has 104 valence electrons. The van der Waals surface area contributed by atoms with Gasteiger partial charge in [-0.2, -0.15) is 5.10 Å². The van der Waals surface area contributed by atoms with Gasteiger partial charge in [0.1, 0.15) is 5.78 Å². The minimum Gasteiger partial charge on any atom is -0.299 e. The summed E-state index contributed by atoms with van der Waals surface area (Å²) < 4.78 is 2.10. The van der Waals surface area contributed by atoms with Crippen molar-refractivity contribution in [3.8, 4) is 0 Å². The monoisotopic (exact) mass is 260 g/mol. The van der Waals surface area contributed by atoms with E-state index in [9.17, 15) is 4.79 Å². The lowest BCUT2D eigenvalue weighted by Crippen LogP contribution is -2.17. The van der Waals surface area contributed by atoms with Crippen LogP contribution in [-0.2, 0) is 11.2 Å². The highest BCUT2D eigenvalue weighted by Gasteiger charge is 2.21. The number of rotatable bonds is 5. The highest BCUT2D eigenvalue weighted by atomic mass is 16.1. The third-order valence-electron chi connectivity index (χ3n) is 4.73. The topological polar surface area (TPSA) is 34.9 Å². The predicted octanol–water partition coefficient (Wildman–Crippen LogP) is 3.69. The van der Waals surface area contributed by atoms with Crippen LogP contribution >= 0.6 is 0 Å². The largest absolute Gasteiger partial charge is 0.299 e. The standard InChI is InChI=1S/C16H24N2O/c19-16(11-13-5-4-6-13)12-14-9-10-18(17-14)15-7-2-1-3-8-15/h9-10,13,15H,1-8,11-12H2. The summed E-state index contributed by atoms with van der Waals surface area (Å²) in [4.78, 5) is 12.0. The van der Waals surface area contributed by atoms with Gasteiger partial charge >= 0.3 is 0 Å². The molecule has 19 heavy (non-hydrogen) atoms. The van der Waals surface area contributed by atoms with Gasteiger partial charge in [0, 0.05) is 12.6 Å². The highest BCUT2D eigenvalue weighted by Crippen LogP contribution is 2.30. The van der Waals surface area contributed by atoms with Gasteiger partial charge in [-0.1, -0.05) is 38.5 Å². The molecule has 1 aromatic heterocycles. The summed E-state index contributed by atoms with van der Waals surface area (Å²) in [6, 6.07) is 2.61. The molecule has 0 bridgehead atoms. The minimum atomic E-state index is 0.374. The Labute approximate surface area is 115 Å². The quantitative estimate of drug-likeness (QED) is 0.809. The predicted molar refractivity (Wildman–Crippen MR) is 75.0 cm³/mol. The second-order valence-corrected chi connectivity index (χ2v) is 6.30. The first-order valence-corrected chi connectivity index (χ1v) is 7.87. The average molecular weight is 260 g/mol. The van der Waals surface area contributed by atoms with Crippen LogP contribution in [0.1, 0.15) is 69.5 Å². The molecule has 2 fully saturated rings. The molecule has 0 saturated heterocycles. The van der Waals surface area contributed by atoms with E-state index in [-0.39, 0.29) is 0 Å². The van der Waals surface area contributed by atoms with Crippen molar-refractivity contribution in [2.75, 3.05) is 0 Å². The minimum absolute atomic E-state index is 0.374. The number of carbonyl (C=O) groups excluding carboxylic acids is 1. The van der Waals surface area contributed by atoms with Crippen LogP contribution in [0.2, 0.25) is 0 Å². The second-order valence-electron chi connectivity index (χ2n) is 6.30. The van der Waals surface area contributed by atoms with Gasteiger partial charge in [0.05, 0.1) is 18.2 Å². The molecule has 2 aliphatic rings. The molecule has 0 atom stereocenters. The van der Waals surface area contributed by atoms with E-state index in [4.69, 9.17) is 0 Å². The first-order chi connectivity index (χ1) is 9.31. The van der Waals surface area contributed by atoms with Crippen molar-refractivity contribution in [1.82, 2.24) is 9.78 Å². The SMILES string of the molecule is O=C(Cc1ccn(C2CCCCC2)n1)CC1CCC1. The third kappa shape index (κ3) is 3.26. The van der Waals surface area contributed by atoms with Crippen molar-refractivity contribution >= 4 is 5.78 Å². The zero-order chi connectivity index (χ0) is 13.1. The Morgan fingerprint density at radius 3 is 2.63 bits per heavy atom. The van der Waals surface area contributed by atoms with Crippen LogP contribution in [0.15, 0.2) is 12.3 Å². The summed E-state index contributed by atoms with van der Waals surface area (Å²) in [6.45, 7) is 0.